The van der Waals surface area contributed by atoms with E-state index in [2.05, 4.69) is 47.5 Å². The highest BCUT2D eigenvalue weighted by Crippen LogP contribution is 2.24. The van der Waals surface area contributed by atoms with Gasteiger partial charge < -0.3 is 92.5 Å². The highest BCUT2D eigenvalue weighted by Gasteiger charge is 2.42. The van der Waals surface area contributed by atoms with Crippen LogP contribution in [0.15, 0.2) is 65.7 Å². The topological polar surface area (TPSA) is 519 Å². The number of nitrogens with zero attached hydrogens (tertiary/aromatic N) is 3. The van der Waals surface area contributed by atoms with Crippen LogP contribution in [-0.2, 0) is 75.2 Å². The minimum absolute atomic E-state index is 0.0736. The van der Waals surface area contributed by atoms with E-state index in [9.17, 15) is 62.3 Å². The molecule has 0 saturated carbocycles. The monoisotopic (exact) mass is 1350 g/mol. The zero-order valence-corrected chi connectivity index (χ0v) is 55.3. The number of carbonyl (C=O) groups excluding carboxylic acids is 13. The molecular formula is C63H98N18O13S. The molecule has 0 radical (unpaired) electrons. The molecule has 2 saturated heterocycles. The highest BCUT2D eigenvalue weighted by molar-refractivity contribution is 7.98. The fourth-order valence-corrected chi connectivity index (χ4v) is 11.5. The molecule has 0 bridgehead atoms. The van der Waals surface area contributed by atoms with Gasteiger partial charge in [0, 0.05) is 45.3 Å². The molecule has 0 spiro atoms. The van der Waals surface area contributed by atoms with Gasteiger partial charge in [0.05, 0.1) is 12.6 Å². The van der Waals surface area contributed by atoms with Crippen LogP contribution in [0.4, 0.5) is 0 Å². The van der Waals surface area contributed by atoms with Crippen molar-refractivity contribution in [2.45, 2.75) is 183 Å². The van der Waals surface area contributed by atoms with Crippen molar-refractivity contribution in [2.75, 3.05) is 44.7 Å². The first-order valence-electron chi connectivity index (χ1n) is 32.2. The number of hydrogen-bond donors (Lipinski definition) is 15. The lowest BCUT2D eigenvalue weighted by atomic mass is 10.0. The number of aliphatic imine (C=N–C) groups is 1. The van der Waals surface area contributed by atoms with Gasteiger partial charge in [0.25, 0.3) is 0 Å². The summed E-state index contributed by atoms with van der Waals surface area (Å²) in [4.78, 5) is 185. The average molecular weight is 1350 g/mol. The Hall–Kier alpha value is -8.91. The molecule has 2 aromatic rings. The lowest BCUT2D eigenvalue weighted by Crippen LogP contribution is -2.60. The van der Waals surface area contributed by atoms with E-state index in [-0.39, 0.29) is 83.0 Å². The van der Waals surface area contributed by atoms with Gasteiger partial charge in [-0.15, -0.1) is 0 Å². The summed E-state index contributed by atoms with van der Waals surface area (Å²) >= 11 is 1.45. The number of thioether (sulfide) groups is 1. The molecule has 32 heteroatoms. The summed E-state index contributed by atoms with van der Waals surface area (Å²) in [6, 6.07) is 4.51. The zero-order chi connectivity index (χ0) is 70.1. The number of benzene rings is 2. The van der Waals surface area contributed by atoms with Gasteiger partial charge in [-0.2, -0.15) is 11.8 Å². The Labute approximate surface area is 558 Å². The van der Waals surface area contributed by atoms with Crippen molar-refractivity contribution in [2.24, 2.45) is 51.0 Å². The van der Waals surface area contributed by atoms with E-state index in [1.165, 1.54) is 21.6 Å². The van der Waals surface area contributed by atoms with Crippen molar-refractivity contribution in [3.63, 3.8) is 0 Å². The summed E-state index contributed by atoms with van der Waals surface area (Å²) in [6.45, 7) is 3.86. The van der Waals surface area contributed by atoms with Crippen LogP contribution in [0.3, 0.4) is 0 Å². The molecule has 2 heterocycles. The minimum atomic E-state index is -1.64. The molecule has 22 N–H and O–H groups in total. The second kappa shape index (κ2) is 41.0. The van der Waals surface area contributed by atoms with Gasteiger partial charge >= 0.3 is 0 Å². The lowest BCUT2D eigenvalue weighted by molar-refractivity contribution is -0.144. The van der Waals surface area contributed by atoms with E-state index in [0.717, 1.165) is 0 Å². The number of guanidine groups is 1. The molecule has 2 fully saturated rings. The van der Waals surface area contributed by atoms with Crippen molar-refractivity contribution in [3.05, 3.63) is 71.8 Å². The molecule has 2 aliphatic rings. The maximum absolute atomic E-state index is 14.7. The Morgan fingerprint density at radius 3 is 1.51 bits per heavy atom. The number of hydrogen-bond acceptors (Lipinski definition) is 17. The van der Waals surface area contributed by atoms with Crippen LogP contribution >= 0.6 is 11.8 Å². The molecule has 2 aromatic carbocycles. The summed E-state index contributed by atoms with van der Waals surface area (Å²) in [7, 11) is 0. The zero-order valence-electron chi connectivity index (χ0n) is 54.5. The van der Waals surface area contributed by atoms with Crippen LogP contribution in [0, 0.1) is 5.92 Å². The largest absolute Gasteiger partial charge is 0.370 e. The summed E-state index contributed by atoms with van der Waals surface area (Å²) in [5.74, 6) is -9.80. The summed E-state index contributed by atoms with van der Waals surface area (Å²) in [5.41, 5.74) is 40.6. The Morgan fingerprint density at radius 1 is 0.537 bits per heavy atom. The first-order valence-corrected chi connectivity index (χ1v) is 33.6. The normalized spacial score (nSPS) is 16.8. The standard InChI is InChI=1S/C63H98N18O13S/c1-37(2)33-45(57(89)74-41(53(68)85)27-32-95-3)73-52(84)36-72-54(86)46(34-38-15-6-4-7-16-38)78-58(90)47(35-39-17-8-5-9-18-39)79-56(88)42(23-25-50(66)82)75-55(87)43(24-26-51(67)83)76-59(91)49-22-14-31-81(49)62(94)44(20-10-11-28-64)77-60(92)48-21-13-30-80(48)61(93)40(65)19-12-29-71-63(69)70/h4-9,15-18,37,40-49H,10-14,19-36,64-65H2,1-3H3,(H2,66,82)(H2,67,83)(H2,68,85)(H,72,86)(H,73,84)(H,74,89)(H,75,87)(H,76,91)(H,77,92)(H,78,90)(H,79,88)(H4,69,70,71)/t40-,41+,42-,43+,44+,45-,46-,47-,48+,49+/m1/s1. The third kappa shape index (κ3) is 27.5. The van der Waals surface area contributed by atoms with Gasteiger partial charge in [-0.3, -0.25) is 67.3 Å². The van der Waals surface area contributed by atoms with E-state index >= 15 is 0 Å². The van der Waals surface area contributed by atoms with Gasteiger partial charge in [-0.1, -0.05) is 74.5 Å². The maximum atomic E-state index is 14.7. The Bertz CT molecular complexity index is 2960. The number of primary amides is 3. The van der Waals surface area contributed by atoms with Crippen molar-refractivity contribution in [1.29, 1.82) is 0 Å². The fraction of sp³-hybridized carbons (Fsp3) is 0.587. The van der Waals surface area contributed by atoms with E-state index in [1.807, 2.05) is 20.1 Å². The Morgan fingerprint density at radius 2 is 1.01 bits per heavy atom. The van der Waals surface area contributed by atoms with E-state index < -0.39 is 169 Å². The third-order valence-electron chi connectivity index (χ3n) is 16.0. The fourth-order valence-electron chi connectivity index (χ4n) is 11.0. The van der Waals surface area contributed by atoms with Gasteiger partial charge in [-0.05, 0) is 119 Å². The highest BCUT2D eigenvalue weighted by atomic mass is 32.2. The average Bonchev–Trinajstić information content (AvgIpc) is 1.74. The van der Waals surface area contributed by atoms with Gasteiger partial charge in [0.15, 0.2) is 5.96 Å². The predicted molar refractivity (Wildman–Crippen MR) is 356 cm³/mol. The first-order chi connectivity index (χ1) is 45.2. The van der Waals surface area contributed by atoms with Crippen molar-refractivity contribution in [1.82, 2.24) is 52.3 Å². The van der Waals surface area contributed by atoms with Crippen LogP contribution in [-0.4, -0.2) is 198 Å². The SMILES string of the molecule is CSCC[C@H](NC(=O)[C@@H](CC(C)C)NC(=O)CNC(=O)[C@@H](Cc1ccccc1)NC(=O)[C@@H](Cc1ccccc1)NC(=O)[C@@H](CCC(N)=O)NC(=O)[C@H](CCC(N)=O)NC(=O)[C@@H]1CCCN1C(=O)[C@H](CCCCN)NC(=O)[C@@H]1CCCN1C(=O)[C@H](N)CCCN=C(N)N)C(N)=O. The summed E-state index contributed by atoms with van der Waals surface area (Å²) in [6.07, 6.45) is 3.12. The molecule has 13 amide bonds. The third-order valence-corrected chi connectivity index (χ3v) is 16.7. The quantitative estimate of drug-likeness (QED) is 0.0173. The number of nitrogens with one attached hydrogen (secondary N) is 8. The Kier molecular flexibility index (Phi) is 33.9. The van der Waals surface area contributed by atoms with E-state index in [0.29, 0.717) is 55.4 Å². The lowest BCUT2D eigenvalue weighted by Gasteiger charge is -2.32. The second-order valence-electron chi connectivity index (χ2n) is 24.1. The molecule has 524 valence electrons. The van der Waals surface area contributed by atoms with Crippen molar-refractivity contribution >= 4 is 94.5 Å². The maximum Gasteiger partial charge on any atom is 0.245 e. The predicted octanol–water partition coefficient (Wildman–Crippen LogP) is -3.71. The van der Waals surface area contributed by atoms with Crippen molar-refractivity contribution < 1.29 is 62.3 Å². The number of nitrogens with two attached hydrogens (primary N) is 7. The van der Waals surface area contributed by atoms with Crippen LogP contribution in [0.5, 0.6) is 0 Å². The van der Waals surface area contributed by atoms with Crippen LogP contribution < -0.4 is 82.7 Å². The molecule has 31 nitrogen and oxygen atoms in total. The molecule has 95 heavy (non-hydrogen) atoms. The van der Waals surface area contributed by atoms with Crippen LogP contribution in [0.1, 0.15) is 121 Å². The van der Waals surface area contributed by atoms with Gasteiger partial charge in [0.2, 0.25) is 76.8 Å². The van der Waals surface area contributed by atoms with E-state index in [1.54, 1.807) is 60.7 Å². The molecule has 0 aromatic heterocycles. The van der Waals surface area contributed by atoms with E-state index in [4.69, 9.17) is 40.1 Å². The molecule has 4 rings (SSSR count). The second-order valence-corrected chi connectivity index (χ2v) is 25.1. The summed E-state index contributed by atoms with van der Waals surface area (Å²) in [5, 5.41) is 21.1. The number of amides is 13. The molecule has 2 aliphatic heterocycles. The van der Waals surface area contributed by atoms with Crippen LogP contribution in [0.25, 0.3) is 0 Å². The Balaban J connectivity index is 1.56. The first kappa shape index (κ1) is 78.5. The number of unbranched alkanes of at least 4 members (excludes halogenated alkanes) is 1. The van der Waals surface area contributed by atoms with Gasteiger partial charge in [-0.25, -0.2) is 0 Å². The molecule has 10 atom stereocenters. The number of rotatable bonds is 42. The smallest absolute Gasteiger partial charge is 0.245 e. The number of carbonyl (C=O) groups is 13. The minimum Gasteiger partial charge on any atom is -0.370 e. The number of likely N-dealkylation sites (tertiary alicyclic amines) is 2. The molecule has 0 unspecified atom stereocenters. The summed E-state index contributed by atoms with van der Waals surface area (Å²) < 4.78 is 0. The van der Waals surface area contributed by atoms with Gasteiger partial charge in [0.1, 0.15) is 54.4 Å². The molecule has 0 aliphatic carbocycles. The molecular weight excluding hydrogens is 1250 g/mol. The van der Waals surface area contributed by atoms with Crippen LogP contribution in [0.2, 0.25) is 0 Å². The van der Waals surface area contributed by atoms with Crippen molar-refractivity contribution in [3.8, 4) is 0 Å².